The number of hydrogen-bond donors (Lipinski definition) is 2. The predicted molar refractivity (Wildman–Crippen MR) is 128 cm³/mol. The molecule has 5 rings (SSSR count). The second-order valence-corrected chi connectivity index (χ2v) is 10.4. The summed E-state index contributed by atoms with van der Waals surface area (Å²) < 4.78 is 5.27. The van der Waals surface area contributed by atoms with Crippen molar-refractivity contribution in [3.8, 4) is 5.75 Å². The second-order valence-electron chi connectivity index (χ2n) is 10.4. The molecule has 1 heterocycles. The van der Waals surface area contributed by atoms with Crippen LogP contribution in [-0.2, 0) is 12.1 Å². The highest BCUT2D eigenvalue weighted by Crippen LogP contribution is 2.47. The number of urea groups is 1. The smallest absolute Gasteiger partial charge is 0.321 e. The molecule has 2 amide bonds. The Balaban J connectivity index is 1.37. The van der Waals surface area contributed by atoms with E-state index in [1.165, 1.54) is 5.56 Å². The molecule has 1 aliphatic heterocycles. The van der Waals surface area contributed by atoms with Gasteiger partial charge in [0.25, 0.3) is 0 Å². The van der Waals surface area contributed by atoms with Crippen molar-refractivity contribution in [1.29, 1.82) is 0 Å². The van der Waals surface area contributed by atoms with Crippen LogP contribution in [0.1, 0.15) is 56.1 Å². The number of rotatable bonds is 6. The molecule has 2 aromatic rings. The van der Waals surface area contributed by atoms with Gasteiger partial charge in [0.2, 0.25) is 0 Å². The van der Waals surface area contributed by atoms with Crippen molar-refractivity contribution in [1.82, 2.24) is 9.80 Å². The number of β-amino-alcohol motifs (C(OH)–C–C–N with tert-alkyl or cyclic N) is 1. The molecule has 2 aliphatic carbocycles. The van der Waals surface area contributed by atoms with Gasteiger partial charge < -0.3 is 25.4 Å². The average molecular weight is 450 g/mol. The molecule has 0 unspecified atom stereocenters. The van der Waals surface area contributed by atoms with E-state index in [2.05, 4.69) is 12.1 Å². The fraction of sp³-hybridized carbons (Fsp3) is 0.519. The Morgan fingerprint density at radius 1 is 0.970 bits per heavy atom. The number of carbonyl (C=O) groups excluding carboxylic acids is 1. The number of carbonyl (C=O) groups is 1. The Labute approximate surface area is 196 Å². The third kappa shape index (κ3) is 4.11. The number of amides is 2. The third-order valence-electron chi connectivity index (χ3n) is 8.25. The van der Waals surface area contributed by atoms with Crippen molar-refractivity contribution < 1.29 is 14.6 Å². The molecule has 1 spiro atoms. The standard InChI is InChI=1S/C27H35N3O3/c1-33-23-10-8-21(9-11-23)18-29-19-25(30(24(29)31)20-26(32)12-5-13-26)14-16-27(28,17-15-25)22-6-3-2-4-7-22/h2-4,6-11,32H,5,12-20,28H2,1H3. The summed E-state index contributed by atoms with van der Waals surface area (Å²) in [6.07, 6.45) is 5.93. The first kappa shape index (κ1) is 22.2. The Kier molecular flexibility index (Phi) is 5.61. The van der Waals surface area contributed by atoms with Gasteiger partial charge in [0.15, 0.2) is 0 Å². The normalized spacial score (nSPS) is 28.8. The fourth-order valence-electron chi connectivity index (χ4n) is 5.88. The van der Waals surface area contributed by atoms with Gasteiger partial charge in [-0.05, 0) is 68.2 Å². The largest absolute Gasteiger partial charge is 0.497 e. The first-order valence-corrected chi connectivity index (χ1v) is 12.1. The molecule has 176 valence electrons. The van der Waals surface area contributed by atoms with E-state index in [9.17, 15) is 9.90 Å². The maximum Gasteiger partial charge on any atom is 0.321 e. The fourth-order valence-corrected chi connectivity index (χ4v) is 5.88. The van der Waals surface area contributed by atoms with Crippen molar-refractivity contribution in [2.24, 2.45) is 5.73 Å². The van der Waals surface area contributed by atoms with Crippen LogP contribution in [0.25, 0.3) is 0 Å². The van der Waals surface area contributed by atoms with Gasteiger partial charge in [0.1, 0.15) is 5.75 Å². The van der Waals surface area contributed by atoms with Gasteiger partial charge >= 0.3 is 6.03 Å². The lowest BCUT2D eigenvalue weighted by Crippen LogP contribution is -2.59. The monoisotopic (exact) mass is 449 g/mol. The van der Waals surface area contributed by atoms with Crippen molar-refractivity contribution in [3.05, 3.63) is 65.7 Å². The van der Waals surface area contributed by atoms with Crippen molar-refractivity contribution in [2.75, 3.05) is 20.2 Å². The van der Waals surface area contributed by atoms with Crippen LogP contribution < -0.4 is 10.5 Å². The lowest BCUT2D eigenvalue weighted by atomic mass is 9.69. The van der Waals surface area contributed by atoms with Crippen molar-refractivity contribution in [3.63, 3.8) is 0 Å². The van der Waals surface area contributed by atoms with E-state index in [1.54, 1.807) is 7.11 Å². The third-order valence-corrected chi connectivity index (χ3v) is 8.25. The van der Waals surface area contributed by atoms with Crippen LogP contribution in [0.4, 0.5) is 4.79 Å². The molecule has 3 fully saturated rings. The maximum absolute atomic E-state index is 13.6. The molecule has 3 aliphatic rings. The summed E-state index contributed by atoms with van der Waals surface area (Å²) in [5.41, 5.74) is 7.76. The molecule has 6 nitrogen and oxygen atoms in total. The quantitative estimate of drug-likeness (QED) is 0.698. The van der Waals surface area contributed by atoms with Gasteiger partial charge in [0, 0.05) is 18.6 Å². The van der Waals surface area contributed by atoms with Crippen molar-refractivity contribution in [2.45, 2.75) is 68.2 Å². The average Bonchev–Trinajstić information content (AvgIpc) is 3.07. The molecule has 3 N–H and O–H groups in total. The maximum atomic E-state index is 13.6. The van der Waals surface area contributed by atoms with Crippen LogP contribution in [0.15, 0.2) is 54.6 Å². The molecular formula is C27H35N3O3. The highest BCUT2D eigenvalue weighted by atomic mass is 16.5. The molecule has 2 aromatic carbocycles. The van der Waals surface area contributed by atoms with Gasteiger partial charge in [-0.1, -0.05) is 42.5 Å². The highest BCUT2D eigenvalue weighted by molar-refractivity contribution is 5.78. The minimum absolute atomic E-state index is 0.0374. The number of nitrogens with two attached hydrogens (primary N) is 1. The number of nitrogens with zero attached hydrogens (tertiary/aromatic N) is 2. The summed E-state index contributed by atoms with van der Waals surface area (Å²) in [6, 6.07) is 18.3. The molecular weight excluding hydrogens is 414 g/mol. The van der Waals surface area contributed by atoms with Crippen molar-refractivity contribution >= 4 is 6.03 Å². The molecule has 33 heavy (non-hydrogen) atoms. The molecule has 6 heteroatoms. The number of benzene rings is 2. The number of hydrogen-bond acceptors (Lipinski definition) is 4. The summed E-state index contributed by atoms with van der Waals surface area (Å²) >= 11 is 0. The lowest BCUT2D eigenvalue weighted by Gasteiger charge is -2.49. The summed E-state index contributed by atoms with van der Waals surface area (Å²) in [5.74, 6) is 0.810. The Morgan fingerprint density at radius 3 is 2.21 bits per heavy atom. The zero-order valence-corrected chi connectivity index (χ0v) is 19.5. The topological polar surface area (TPSA) is 79.0 Å². The predicted octanol–water partition coefficient (Wildman–Crippen LogP) is 4.01. The molecule has 1 saturated heterocycles. The second kappa shape index (κ2) is 8.33. The number of methoxy groups -OCH3 is 1. The first-order valence-electron chi connectivity index (χ1n) is 12.1. The summed E-state index contributed by atoms with van der Waals surface area (Å²) in [6.45, 7) is 1.67. The molecule has 0 bridgehead atoms. The van der Waals surface area contributed by atoms with E-state index in [4.69, 9.17) is 10.5 Å². The zero-order valence-electron chi connectivity index (χ0n) is 19.5. The minimum atomic E-state index is -0.741. The summed E-state index contributed by atoms with van der Waals surface area (Å²) in [7, 11) is 1.65. The molecule has 0 aromatic heterocycles. The van der Waals surface area contributed by atoms with E-state index >= 15 is 0 Å². The molecule has 2 saturated carbocycles. The van der Waals surface area contributed by atoms with E-state index in [-0.39, 0.29) is 17.1 Å². The van der Waals surface area contributed by atoms with Gasteiger partial charge in [-0.25, -0.2) is 4.79 Å². The number of ether oxygens (including phenoxy) is 1. The van der Waals surface area contributed by atoms with Gasteiger partial charge in [0.05, 0.1) is 24.8 Å². The molecule has 0 radical (unpaired) electrons. The van der Waals surface area contributed by atoms with Gasteiger partial charge in [-0.2, -0.15) is 0 Å². The van der Waals surface area contributed by atoms with Crippen LogP contribution in [0.5, 0.6) is 5.75 Å². The SMILES string of the molecule is COc1ccc(CN2CC3(CCC(N)(c4ccccc4)CC3)N(CC3(O)CCC3)C2=O)cc1. The molecule has 0 atom stereocenters. The highest BCUT2D eigenvalue weighted by Gasteiger charge is 2.55. The lowest BCUT2D eigenvalue weighted by molar-refractivity contribution is -0.0683. The first-order chi connectivity index (χ1) is 15.8. The summed E-state index contributed by atoms with van der Waals surface area (Å²) in [4.78, 5) is 17.6. The number of aliphatic hydroxyl groups is 1. The van der Waals surface area contributed by atoms with Gasteiger partial charge in [-0.15, -0.1) is 0 Å². The van der Waals surface area contributed by atoms with E-state index in [0.717, 1.165) is 56.3 Å². The Hall–Kier alpha value is -2.57. The Bertz CT molecular complexity index is 979. The van der Waals surface area contributed by atoms with Crippen LogP contribution in [0, 0.1) is 0 Å². The van der Waals surface area contributed by atoms with Crippen LogP contribution in [0.2, 0.25) is 0 Å². The van der Waals surface area contributed by atoms with Crippen LogP contribution in [-0.4, -0.2) is 52.3 Å². The summed E-state index contributed by atoms with van der Waals surface area (Å²) in [5, 5.41) is 11.0. The van der Waals surface area contributed by atoms with Crippen LogP contribution >= 0.6 is 0 Å². The Morgan fingerprint density at radius 2 is 1.64 bits per heavy atom. The van der Waals surface area contributed by atoms with Gasteiger partial charge in [-0.3, -0.25) is 0 Å². The minimum Gasteiger partial charge on any atom is -0.497 e. The van der Waals surface area contributed by atoms with E-state index in [1.807, 2.05) is 52.3 Å². The van der Waals surface area contributed by atoms with E-state index < -0.39 is 5.60 Å². The van der Waals surface area contributed by atoms with E-state index in [0.29, 0.717) is 19.6 Å². The zero-order chi connectivity index (χ0) is 23.1. The van der Waals surface area contributed by atoms with Crippen LogP contribution in [0.3, 0.4) is 0 Å².